The highest BCUT2D eigenvalue weighted by atomic mass is 32.2. The predicted molar refractivity (Wildman–Crippen MR) is 72.9 cm³/mol. The fraction of sp³-hybridized carbons (Fsp3) is 0.700. The summed E-state index contributed by atoms with van der Waals surface area (Å²) in [6.45, 7) is 0. The largest absolute Gasteiger partial charge is 0.480 e. The Morgan fingerprint density at radius 3 is 2.50 bits per heavy atom. The molecular formula is C10H16N2O6S2. The van der Waals surface area contributed by atoms with Gasteiger partial charge in [0.05, 0.1) is 23.7 Å². The zero-order chi connectivity index (χ0) is 15.3. The zero-order valence-corrected chi connectivity index (χ0v) is 12.2. The van der Waals surface area contributed by atoms with E-state index in [2.05, 4.69) is 5.32 Å². The second kappa shape index (κ2) is 6.93. The number of nitrogens with one attached hydrogen (secondary N) is 1. The minimum Gasteiger partial charge on any atom is -0.480 e. The van der Waals surface area contributed by atoms with Crippen molar-refractivity contribution in [3.8, 4) is 0 Å². The van der Waals surface area contributed by atoms with Crippen LogP contribution in [0, 0.1) is 0 Å². The molecule has 1 unspecified atom stereocenters. The van der Waals surface area contributed by atoms with Gasteiger partial charge in [0.15, 0.2) is 9.84 Å². The van der Waals surface area contributed by atoms with Crippen LogP contribution >= 0.6 is 11.8 Å². The molecule has 0 aliphatic carbocycles. The van der Waals surface area contributed by atoms with Crippen LogP contribution in [0.5, 0.6) is 0 Å². The van der Waals surface area contributed by atoms with Gasteiger partial charge in [-0.05, 0) is 6.42 Å². The Balaban J connectivity index is 2.39. The minimum absolute atomic E-state index is 0.0363. The summed E-state index contributed by atoms with van der Waals surface area (Å²) < 4.78 is 22.5. The van der Waals surface area contributed by atoms with Crippen LogP contribution in [0.3, 0.4) is 0 Å². The molecule has 0 radical (unpaired) electrons. The summed E-state index contributed by atoms with van der Waals surface area (Å²) in [5.74, 6) is -2.63. The maximum Gasteiger partial charge on any atom is 0.326 e. The molecule has 1 aliphatic rings. The van der Waals surface area contributed by atoms with Crippen molar-refractivity contribution < 1.29 is 27.9 Å². The van der Waals surface area contributed by atoms with Crippen LogP contribution in [0.25, 0.3) is 0 Å². The first-order valence-corrected chi connectivity index (χ1v) is 8.69. The van der Waals surface area contributed by atoms with Gasteiger partial charge in [0.1, 0.15) is 6.04 Å². The zero-order valence-electron chi connectivity index (χ0n) is 10.6. The van der Waals surface area contributed by atoms with E-state index in [-0.39, 0.29) is 22.5 Å². The second-order valence-electron chi connectivity index (χ2n) is 4.46. The van der Waals surface area contributed by atoms with Gasteiger partial charge < -0.3 is 16.2 Å². The highest BCUT2D eigenvalue weighted by Gasteiger charge is 2.29. The lowest BCUT2D eigenvalue weighted by Crippen LogP contribution is -2.44. The van der Waals surface area contributed by atoms with E-state index in [1.807, 2.05) is 0 Å². The molecular weight excluding hydrogens is 308 g/mol. The van der Waals surface area contributed by atoms with Crippen molar-refractivity contribution in [2.45, 2.75) is 24.1 Å². The van der Waals surface area contributed by atoms with Gasteiger partial charge in [-0.3, -0.25) is 9.59 Å². The van der Waals surface area contributed by atoms with E-state index in [9.17, 15) is 22.8 Å². The first-order valence-electron chi connectivity index (χ1n) is 5.82. The summed E-state index contributed by atoms with van der Waals surface area (Å²) in [6.07, 6.45) is 0.00741. The molecule has 114 valence electrons. The van der Waals surface area contributed by atoms with Crippen molar-refractivity contribution in [3.63, 3.8) is 0 Å². The Morgan fingerprint density at radius 1 is 1.40 bits per heavy atom. The number of hydrogen-bond acceptors (Lipinski definition) is 6. The number of nitrogens with two attached hydrogens (primary N) is 1. The minimum atomic E-state index is -3.00. The van der Waals surface area contributed by atoms with Gasteiger partial charge in [-0.1, -0.05) is 0 Å². The molecule has 1 saturated heterocycles. The van der Waals surface area contributed by atoms with Crippen molar-refractivity contribution in [1.29, 1.82) is 0 Å². The molecule has 1 heterocycles. The highest BCUT2D eigenvalue weighted by Crippen LogP contribution is 2.23. The molecule has 0 saturated carbocycles. The number of thioether (sulfide) groups is 1. The summed E-state index contributed by atoms with van der Waals surface area (Å²) >= 11 is 1.17. The lowest BCUT2D eigenvalue weighted by molar-refractivity contribution is -0.143. The summed E-state index contributed by atoms with van der Waals surface area (Å²) in [6, 6.07) is -1.35. The van der Waals surface area contributed by atoms with Crippen LogP contribution in [0.1, 0.15) is 12.8 Å². The van der Waals surface area contributed by atoms with E-state index < -0.39 is 40.1 Å². The van der Waals surface area contributed by atoms with E-state index in [1.165, 1.54) is 11.8 Å². The van der Waals surface area contributed by atoms with E-state index >= 15 is 0 Å². The lowest BCUT2D eigenvalue weighted by atomic mass is 10.2. The molecule has 1 fully saturated rings. The van der Waals surface area contributed by atoms with Gasteiger partial charge in [0.2, 0.25) is 11.8 Å². The van der Waals surface area contributed by atoms with E-state index in [4.69, 9.17) is 10.8 Å². The Hall–Kier alpha value is -1.29. The molecule has 1 aliphatic heterocycles. The standard InChI is InChI=1S/C10H16N2O6S2/c11-8(13)3-7(10(15)16)12-9(14)4-19-6-1-2-20(17,18)5-6/h6-7H,1-5H2,(H2,11,13)(H,12,14)(H,15,16)/t6?,7-/m1/s1. The number of carbonyl (C=O) groups excluding carboxylic acids is 2. The molecule has 20 heavy (non-hydrogen) atoms. The maximum absolute atomic E-state index is 11.6. The maximum atomic E-state index is 11.6. The highest BCUT2D eigenvalue weighted by molar-refractivity contribution is 8.02. The topological polar surface area (TPSA) is 144 Å². The Labute approximate surface area is 120 Å². The van der Waals surface area contributed by atoms with Crippen molar-refractivity contribution in [3.05, 3.63) is 0 Å². The Kier molecular flexibility index (Phi) is 5.81. The summed E-state index contributed by atoms with van der Waals surface area (Å²) in [5.41, 5.74) is 4.88. The fourth-order valence-electron chi connectivity index (χ4n) is 1.72. The van der Waals surface area contributed by atoms with Crippen molar-refractivity contribution in [1.82, 2.24) is 5.32 Å². The number of aliphatic carboxylic acids is 1. The van der Waals surface area contributed by atoms with E-state index in [1.54, 1.807) is 0 Å². The molecule has 8 nitrogen and oxygen atoms in total. The fourth-order valence-corrected chi connectivity index (χ4v) is 5.18. The molecule has 2 amide bonds. The van der Waals surface area contributed by atoms with Crippen LogP contribution in [0.15, 0.2) is 0 Å². The molecule has 0 spiro atoms. The normalized spacial score (nSPS) is 22.1. The number of carboxylic acids is 1. The number of carbonyl (C=O) groups is 3. The molecule has 10 heteroatoms. The van der Waals surface area contributed by atoms with Gasteiger partial charge in [0.25, 0.3) is 0 Å². The van der Waals surface area contributed by atoms with Gasteiger partial charge in [-0.2, -0.15) is 0 Å². The quantitative estimate of drug-likeness (QED) is 0.509. The second-order valence-corrected chi connectivity index (χ2v) is 7.98. The summed E-state index contributed by atoms with van der Waals surface area (Å²) in [4.78, 5) is 33.0. The van der Waals surface area contributed by atoms with Crippen molar-refractivity contribution in [2.24, 2.45) is 5.73 Å². The Bertz CT molecular complexity index is 504. The molecule has 4 N–H and O–H groups in total. The van der Waals surface area contributed by atoms with Gasteiger partial charge in [-0.25, -0.2) is 13.2 Å². The third-order valence-corrected chi connectivity index (χ3v) is 5.96. The third-order valence-electron chi connectivity index (χ3n) is 2.68. The first-order chi connectivity index (χ1) is 9.19. The summed E-state index contributed by atoms with van der Waals surface area (Å²) in [7, 11) is -3.00. The van der Waals surface area contributed by atoms with Crippen LogP contribution in [-0.4, -0.2) is 59.9 Å². The monoisotopic (exact) mass is 324 g/mol. The van der Waals surface area contributed by atoms with Gasteiger partial charge >= 0.3 is 5.97 Å². The summed E-state index contributed by atoms with van der Waals surface area (Å²) in [5, 5.41) is 10.8. The third kappa shape index (κ3) is 5.78. The van der Waals surface area contributed by atoms with Gasteiger partial charge in [-0.15, -0.1) is 11.8 Å². The number of primary amides is 1. The van der Waals surface area contributed by atoms with Crippen molar-refractivity contribution >= 4 is 39.4 Å². The average molecular weight is 324 g/mol. The molecule has 0 aromatic heterocycles. The molecule has 0 aromatic carbocycles. The smallest absolute Gasteiger partial charge is 0.326 e. The number of sulfone groups is 1. The SMILES string of the molecule is NC(=O)C[C@@H](NC(=O)CSC1CCS(=O)(=O)C1)C(=O)O. The van der Waals surface area contributed by atoms with Crippen LogP contribution < -0.4 is 11.1 Å². The number of rotatable bonds is 7. The number of hydrogen-bond donors (Lipinski definition) is 3. The first kappa shape index (κ1) is 16.8. The molecule has 2 atom stereocenters. The lowest BCUT2D eigenvalue weighted by Gasteiger charge is -2.13. The van der Waals surface area contributed by atoms with E-state index in [0.29, 0.717) is 6.42 Å². The average Bonchev–Trinajstić information content (AvgIpc) is 2.65. The van der Waals surface area contributed by atoms with Gasteiger partial charge in [0, 0.05) is 5.25 Å². The van der Waals surface area contributed by atoms with Crippen LogP contribution in [-0.2, 0) is 24.2 Å². The number of amides is 2. The predicted octanol–water partition coefficient (Wildman–Crippen LogP) is -1.65. The molecule has 0 aromatic rings. The molecule has 0 bridgehead atoms. The van der Waals surface area contributed by atoms with Crippen LogP contribution in [0.4, 0.5) is 0 Å². The Morgan fingerprint density at radius 2 is 2.05 bits per heavy atom. The molecule has 1 rings (SSSR count). The van der Waals surface area contributed by atoms with Crippen molar-refractivity contribution in [2.75, 3.05) is 17.3 Å². The van der Waals surface area contributed by atoms with E-state index in [0.717, 1.165) is 0 Å². The van der Waals surface area contributed by atoms with Crippen LogP contribution in [0.2, 0.25) is 0 Å². The number of carboxylic acid groups (broad SMARTS) is 1.